The van der Waals surface area contributed by atoms with Gasteiger partial charge >= 0.3 is 0 Å². The number of nitrogens with one attached hydrogen (secondary N) is 1. The fourth-order valence-electron chi connectivity index (χ4n) is 2.90. The van der Waals surface area contributed by atoms with Crippen molar-refractivity contribution < 1.29 is 4.74 Å². The molecule has 1 fully saturated rings. The number of hydrogen-bond acceptors (Lipinski definition) is 2. The van der Waals surface area contributed by atoms with Gasteiger partial charge in [-0.2, -0.15) is 0 Å². The van der Waals surface area contributed by atoms with Gasteiger partial charge in [-0.25, -0.2) is 0 Å². The Labute approximate surface area is 138 Å². The van der Waals surface area contributed by atoms with Crippen LogP contribution in [0.2, 0.25) is 0 Å². The second kappa shape index (κ2) is 7.28. The first-order valence-corrected chi connectivity index (χ1v) is 8.95. The minimum Gasteiger partial charge on any atom is -0.492 e. The smallest absolute Gasteiger partial charge is 0.147 e. The van der Waals surface area contributed by atoms with Crippen LogP contribution in [0.1, 0.15) is 39.2 Å². The highest BCUT2D eigenvalue weighted by molar-refractivity contribution is 9.11. The van der Waals surface area contributed by atoms with Crippen LogP contribution in [0.25, 0.3) is 0 Å². The minimum absolute atomic E-state index is 0.647. The fourth-order valence-corrected chi connectivity index (χ4v) is 4.41. The third-order valence-electron chi connectivity index (χ3n) is 4.38. The van der Waals surface area contributed by atoms with Crippen LogP contribution < -0.4 is 10.1 Å². The third kappa shape index (κ3) is 3.77. The number of benzene rings is 1. The third-order valence-corrected chi connectivity index (χ3v) is 5.56. The first-order valence-electron chi connectivity index (χ1n) is 7.37. The summed E-state index contributed by atoms with van der Waals surface area (Å²) in [6.45, 7) is 8.30. The lowest BCUT2D eigenvalue weighted by atomic mass is 9.98. The van der Waals surface area contributed by atoms with Crippen molar-refractivity contribution >= 4 is 31.9 Å². The molecule has 4 heteroatoms. The molecule has 1 aromatic rings. The van der Waals surface area contributed by atoms with Gasteiger partial charge in [0.05, 0.1) is 15.6 Å². The fraction of sp³-hybridized carbons (Fsp3) is 0.625. The lowest BCUT2D eigenvalue weighted by Gasteiger charge is -2.20. The van der Waals surface area contributed by atoms with Crippen molar-refractivity contribution in [3.05, 3.63) is 26.6 Å². The molecule has 20 heavy (non-hydrogen) atoms. The van der Waals surface area contributed by atoms with Gasteiger partial charge in [-0.15, -0.1) is 0 Å². The average Bonchev–Trinajstić information content (AvgIpc) is 2.72. The summed E-state index contributed by atoms with van der Waals surface area (Å²) >= 11 is 7.18. The van der Waals surface area contributed by atoms with Gasteiger partial charge in [0.15, 0.2) is 0 Å². The van der Waals surface area contributed by atoms with Gasteiger partial charge in [-0.05, 0) is 81.2 Å². The van der Waals surface area contributed by atoms with Crippen molar-refractivity contribution in [2.75, 3.05) is 6.61 Å². The van der Waals surface area contributed by atoms with E-state index < -0.39 is 0 Å². The van der Waals surface area contributed by atoms with Crippen LogP contribution >= 0.6 is 31.9 Å². The topological polar surface area (TPSA) is 21.3 Å². The van der Waals surface area contributed by atoms with E-state index in [-0.39, 0.29) is 0 Å². The number of rotatable bonds is 5. The summed E-state index contributed by atoms with van der Waals surface area (Å²) in [4.78, 5) is 0. The molecular weight excluding hydrogens is 382 g/mol. The summed E-state index contributed by atoms with van der Waals surface area (Å²) in [5, 5.41) is 3.70. The second-order valence-electron chi connectivity index (χ2n) is 5.72. The molecule has 2 rings (SSSR count). The molecule has 2 nitrogen and oxygen atoms in total. The molecule has 112 valence electrons. The van der Waals surface area contributed by atoms with E-state index >= 15 is 0 Å². The van der Waals surface area contributed by atoms with E-state index in [1.807, 2.05) is 6.92 Å². The van der Waals surface area contributed by atoms with Crippen LogP contribution in [0, 0.1) is 11.8 Å². The lowest BCUT2D eigenvalue weighted by Crippen LogP contribution is -2.31. The Balaban J connectivity index is 2.00. The molecule has 1 aliphatic rings. The zero-order valence-corrected chi connectivity index (χ0v) is 15.6. The van der Waals surface area contributed by atoms with Gasteiger partial charge in [0.2, 0.25) is 0 Å². The largest absolute Gasteiger partial charge is 0.492 e. The van der Waals surface area contributed by atoms with Gasteiger partial charge in [0.25, 0.3) is 0 Å². The van der Waals surface area contributed by atoms with Crippen molar-refractivity contribution in [1.29, 1.82) is 0 Å². The van der Waals surface area contributed by atoms with E-state index in [0.29, 0.717) is 12.6 Å². The SMILES string of the molecule is CCOc1c(Br)cc(CNC2CCC(C)C2C)cc1Br. The summed E-state index contributed by atoms with van der Waals surface area (Å²) in [6.07, 6.45) is 2.64. The van der Waals surface area contributed by atoms with Crippen LogP contribution in [0.5, 0.6) is 5.75 Å². The molecule has 0 radical (unpaired) electrons. The Hall–Kier alpha value is -0.0600. The van der Waals surface area contributed by atoms with E-state index in [9.17, 15) is 0 Å². The van der Waals surface area contributed by atoms with Crippen molar-refractivity contribution in [1.82, 2.24) is 5.32 Å². The Morgan fingerprint density at radius 1 is 1.20 bits per heavy atom. The Morgan fingerprint density at radius 3 is 2.35 bits per heavy atom. The van der Waals surface area contributed by atoms with Crippen LogP contribution in [-0.4, -0.2) is 12.6 Å². The molecule has 1 saturated carbocycles. The molecule has 0 spiro atoms. The van der Waals surface area contributed by atoms with E-state index in [0.717, 1.165) is 33.1 Å². The number of ether oxygens (including phenoxy) is 1. The number of hydrogen-bond donors (Lipinski definition) is 1. The van der Waals surface area contributed by atoms with Gasteiger partial charge < -0.3 is 10.1 Å². The molecule has 0 aromatic heterocycles. The second-order valence-corrected chi connectivity index (χ2v) is 7.43. The summed E-state index contributed by atoms with van der Waals surface area (Å²) in [7, 11) is 0. The molecule has 0 heterocycles. The maximum atomic E-state index is 5.62. The average molecular weight is 405 g/mol. The van der Waals surface area contributed by atoms with Gasteiger partial charge in [-0.3, -0.25) is 0 Å². The maximum Gasteiger partial charge on any atom is 0.147 e. The predicted molar refractivity (Wildman–Crippen MR) is 91.2 cm³/mol. The molecule has 0 saturated heterocycles. The molecule has 0 amide bonds. The molecular formula is C16H23Br2NO. The van der Waals surface area contributed by atoms with Crippen molar-refractivity contribution in [2.45, 2.75) is 46.2 Å². The quantitative estimate of drug-likeness (QED) is 0.733. The zero-order valence-electron chi connectivity index (χ0n) is 12.4. The summed E-state index contributed by atoms with van der Waals surface area (Å²) < 4.78 is 7.64. The molecule has 1 aromatic carbocycles. The van der Waals surface area contributed by atoms with Crippen molar-refractivity contribution in [3.63, 3.8) is 0 Å². The van der Waals surface area contributed by atoms with Crippen molar-refractivity contribution in [2.24, 2.45) is 11.8 Å². The van der Waals surface area contributed by atoms with E-state index in [1.54, 1.807) is 0 Å². The van der Waals surface area contributed by atoms with Gasteiger partial charge in [0.1, 0.15) is 5.75 Å². The van der Waals surface area contributed by atoms with E-state index in [2.05, 4.69) is 63.2 Å². The van der Waals surface area contributed by atoms with Gasteiger partial charge in [0, 0.05) is 12.6 Å². The lowest BCUT2D eigenvalue weighted by molar-refractivity contribution is 0.335. The highest BCUT2D eigenvalue weighted by atomic mass is 79.9. The normalized spacial score (nSPS) is 25.9. The maximum absolute atomic E-state index is 5.62. The standard InChI is InChI=1S/C16H23Br2NO/c1-4-20-16-13(17)7-12(8-14(16)18)9-19-15-6-5-10(2)11(15)3/h7-8,10-11,15,19H,4-6,9H2,1-3H3. The molecule has 0 aliphatic heterocycles. The van der Waals surface area contributed by atoms with Gasteiger partial charge in [-0.1, -0.05) is 13.8 Å². The summed E-state index contributed by atoms with van der Waals surface area (Å²) in [5.41, 5.74) is 1.28. The molecule has 1 N–H and O–H groups in total. The highest BCUT2D eigenvalue weighted by Gasteiger charge is 2.29. The first kappa shape index (κ1) is 16.3. The Morgan fingerprint density at radius 2 is 1.85 bits per heavy atom. The minimum atomic E-state index is 0.647. The first-order chi connectivity index (χ1) is 9.52. The zero-order chi connectivity index (χ0) is 14.7. The van der Waals surface area contributed by atoms with Crippen LogP contribution in [-0.2, 0) is 6.54 Å². The van der Waals surface area contributed by atoms with Crippen LogP contribution in [0.4, 0.5) is 0 Å². The summed E-state index contributed by atoms with van der Waals surface area (Å²) in [5.74, 6) is 2.50. The monoisotopic (exact) mass is 403 g/mol. The van der Waals surface area contributed by atoms with E-state index in [1.165, 1.54) is 18.4 Å². The molecule has 1 aliphatic carbocycles. The van der Waals surface area contributed by atoms with Crippen molar-refractivity contribution in [3.8, 4) is 5.75 Å². The predicted octanol–water partition coefficient (Wildman–Crippen LogP) is 5.13. The molecule has 3 atom stereocenters. The Kier molecular flexibility index (Phi) is 5.94. The van der Waals surface area contributed by atoms with Crippen LogP contribution in [0.15, 0.2) is 21.1 Å². The highest BCUT2D eigenvalue weighted by Crippen LogP contribution is 2.35. The molecule has 3 unspecified atom stereocenters. The molecule has 0 bridgehead atoms. The van der Waals surface area contributed by atoms with E-state index in [4.69, 9.17) is 4.74 Å². The van der Waals surface area contributed by atoms with Crippen LogP contribution in [0.3, 0.4) is 0 Å². The Bertz CT molecular complexity index is 441. The summed E-state index contributed by atoms with van der Waals surface area (Å²) in [6, 6.07) is 4.94. The number of halogens is 2.